The summed E-state index contributed by atoms with van der Waals surface area (Å²) < 4.78 is 0.924. The summed E-state index contributed by atoms with van der Waals surface area (Å²) in [5.41, 5.74) is 0.736. The average molecular weight is 433 g/mol. The summed E-state index contributed by atoms with van der Waals surface area (Å²) in [6.07, 6.45) is 1.53. The molecule has 2 heterocycles. The quantitative estimate of drug-likeness (QED) is 0.576. The van der Waals surface area contributed by atoms with E-state index >= 15 is 0 Å². The molecule has 26 heavy (non-hydrogen) atoms. The summed E-state index contributed by atoms with van der Waals surface area (Å²) in [6.45, 7) is 0. The summed E-state index contributed by atoms with van der Waals surface area (Å²) in [5.74, 6) is -0.762. The maximum absolute atomic E-state index is 12.1. The number of pyridine rings is 1. The molecule has 0 bridgehead atoms. The first kappa shape index (κ1) is 18.0. The molecule has 2 amide bonds. The van der Waals surface area contributed by atoms with Crippen molar-refractivity contribution in [1.29, 1.82) is 0 Å². The number of amides is 2. The minimum Gasteiger partial charge on any atom is -0.328 e. The molecule has 0 fully saturated rings. The molecule has 0 aliphatic heterocycles. The van der Waals surface area contributed by atoms with Crippen LogP contribution in [0.4, 0.5) is 10.8 Å². The van der Waals surface area contributed by atoms with Crippen LogP contribution >= 0.6 is 27.3 Å². The van der Waals surface area contributed by atoms with Crippen LogP contribution in [0, 0.1) is 0 Å². The van der Waals surface area contributed by atoms with Gasteiger partial charge in [-0.05, 0) is 36.4 Å². The second kappa shape index (κ2) is 8.07. The number of nitrogens with one attached hydrogen (secondary N) is 3. The summed E-state index contributed by atoms with van der Waals surface area (Å²) in [7, 11) is 0. The van der Waals surface area contributed by atoms with E-state index in [9.17, 15) is 14.4 Å². The Hall–Kier alpha value is -2.78. The first-order chi connectivity index (χ1) is 12.5. The Morgan fingerprint density at radius 2 is 1.92 bits per heavy atom. The van der Waals surface area contributed by atoms with Crippen LogP contribution in [0.15, 0.2) is 57.2 Å². The minimum absolute atomic E-state index is 0.00256. The van der Waals surface area contributed by atoms with Crippen LogP contribution in [0.2, 0.25) is 0 Å². The number of thiazole rings is 1. The Morgan fingerprint density at radius 1 is 1.15 bits per heavy atom. The van der Waals surface area contributed by atoms with Gasteiger partial charge in [-0.1, -0.05) is 15.9 Å². The average Bonchev–Trinajstić information content (AvgIpc) is 3.04. The normalized spacial score (nSPS) is 10.3. The molecule has 3 rings (SSSR count). The molecule has 0 aliphatic carbocycles. The first-order valence-electron chi connectivity index (χ1n) is 7.50. The van der Waals surface area contributed by atoms with E-state index in [0.29, 0.717) is 16.5 Å². The summed E-state index contributed by atoms with van der Waals surface area (Å²) >= 11 is 4.52. The largest absolute Gasteiger partial charge is 0.328 e. The van der Waals surface area contributed by atoms with Crippen LogP contribution in [-0.4, -0.2) is 21.8 Å². The smallest absolute Gasteiger partial charge is 0.263 e. The lowest BCUT2D eigenvalue weighted by Gasteiger charge is -2.04. The standard InChI is InChI=1S/C17H13BrN4O3S/c18-10-3-5-11(6-4-10)20-14(23)8-12-9-26-17(21-12)22-16(25)13-2-1-7-19-15(13)24/h1-7,9H,8H2,(H,19,24)(H,20,23)(H,21,22,25). The van der Waals surface area contributed by atoms with E-state index in [-0.39, 0.29) is 17.9 Å². The molecule has 132 valence electrons. The molecule has 0 saturated heterocycles. The predicted octanol–water partition coefficient (Wildman–Crippen LogP) is 3.03. The Balaban J connectivity index is 1.60. The lowest BCUT2D eigenvalue weighted by Crippen LogP contribution is -2.22. The maximum atomic E-state index is 12.1. The number of rotatable bonds is 5. The zero-order valence-electron chi connectivity index (χ0n) is 13.3. The predicted molar refractivity (Wildman–Crippen MR) is 104 cm³/mol. The molecule has 7 nitrogen and oxygen atoms in total. The zero-order chi connectivity index (χ0) is 18.5. The highest BCUT2D eigenvalue weighted by molar-refractivity contribution is 9.10. The van der Waals surface area contributed by atoms with Gasteiger partial charge >= 0.3 is 0 Å². The second-order valence-electron chi connectivity index (χ2n) is 5.24. The highest BCUT2D eigenvalue weighted by atomic mass is 79.9. The fourth-order valence-electron chi connectivity index (χ4n) is 2.11. The summed E-state index contributed by atoms with van der Waals surface area (Å²) in [5, 5.41) is 7.34. The van der Waals surface area contributed by atoms with Crippen LogP contribution in [0.1, 0.15) is 16.1 Å². The Labute approximate surface area is 160 Å². The zero-order valence-corrected chi connectivity index (χ0v) is 15.7. The van der Waals surface area contributed by atoms with Gasteiger partial charge in [0.05, 0.1) is 12.1 Å². The molecule has 0 saturated carbocycles. The molecule has 9 heteroatoms. The van der Waals surface area contributed by atoms with E-state index in [1.54, 1.807) is 23.6 Å². The molecule has 0 radical (unpaired) electrons. The molecule has 2 aromatic heterocycles. The number of halogens is 1. The van der Waals surface area contributed by atoms with E-state index in [2.05, 4.69) is 36.5 Å². The number of anilines is 2. The van der Waals surface area contributed by atoms with Crippen molar-refractivity contribution in [2.24, 2.45) is 0 Å². The summed E-state index contributed by atoms with van der Waals surface area (Å²) in [6, 6.07) is 10.2. The van der Waals surface area contributed by atoms with Crippen molar-refractivity contribution in [3.05, 3.63) is 74.1 Å². The van der Waals surface area contributed by atoms with Crippen molar-refractivity contribution in [2.75, 3.05) is 10.6 Å². The first-order valence-corrected chi connectivity index (χ1v) is 9.17. The molecule has 3 aromatic rings. The van der Waals surface area contributed by atoms with Crippen LogP contribution in [0.5, 0.6) is 0 Å². The highest BCUT2D eigenvalue weighted by Crippen LogP contribution is 2.18. The number of hydrogen-bond donors (Lipinski definition) is 3. The van der Waals surface area contributed by atoms with E-state index in [1.165, 1.54) is 23.6 Å². The van der Waals surface area contributed by atoms with Crippen molar-refractivity contribution in [1.82, 2.24) is 9.97 Å². The molecule has 3 N–H and O–H groups in total. The van der Waals surface area contributed by atoms with Crippen molar-refractivity contribution < 1.29 is 9.59 Å². The summed E-state index contributed by atoms with van der Waals surface area (Å²) in [4.78, 5) is 42.4. The fourth-order valence-corrected chi connectivity index (χ4v) is 3.08. The topological polar surface area (TPSA) is 104 Å². The van der Waals surface area contributed by atoms with Gasteiger partial charge in [0.25, 0.3) is 11.5 Å². The van der Waals surface area contributed by atoms with Crippen LogP contribution in [0.25, 0.3) is 0 Å². The Morgan fingerprint density at radius 3 is 2.65 bits per heavy atom. The van der Waals surface area contributed by atoms with Crippen LogP contribution < -0.4 is 16.2 Å². The van der Waals surface area contributed by atoms with Crippen LogP contribution in [-0.2, 0) is 11.2 Å². The van der Waals surface area contributed by atoms with Crippen molar-refractivity contribution in [2.45, 2.75) is 6.42 Å². The molecular weight excluding hydrogens is 420 g/mol. The SMILES string of the molecule is O=C(Cc1csc(NC(=O)c2ccc[nH]c2=O)n1)Nc1ccc(Br)cc1. The Kier molecular flexibility index (Phi) is 5.59. The van der Waals surface area contributed by atoms with E-state index < -0.39 is 11.5 Å². The van der Waals surface area contributed by atoms with E-state index in [4.69, 9.17) is 0 Å². The number of benzene rings is 1. The third kappa shape index (κ3) is 4.64. The molecule has 0 aliphatic rings. The Bertz CT molecular complexity index is 997. The number of carbonyl (C=O) groups is 2. The van der Waals surface area contributed by atoms with Crippen molar-refractivity contribution in [3.63, 3.8) is 0 Å². The lowest BCUT2D eigenvalue weighted by molar-refractivity contribution is -0.115. The maximum Gasteiger partial charge on any atom is 0.263 e. The third-order valence-corrected chi connectivity index (χ3v) is 4.64. The van der Waals surface area contributed by atoms with Gasteiger partial charge in [0, 0.05) is 21.7 Å². The fraction of sp³-hybridized carbons (Fsp3) is 0.0588. The number of aromatic amines is 1. The van der Waals surface area contributed by atoms with Gasteiger partial charge in [0.2, 0.25) is 5.91 Å². The number of aromatic nitrogens is 2. The van der Waals surface area contributed by atoms with Gasteiger partial charge in [-0.15, -0.1) is 11.3 Å². The van der Waals surface area contributed by atoms with Crippen molar-refractivity contribution >= 4 is 49.9 Å². The lowest BCUT2D eigenvalue weighted by atomic mass is 10.2. The van der Waals surface area contributed by atoms with Gasteiger partial charge in [-0.3, -0.25) is 19.7 Å². The van der Waals surface area contributed by atoms with Crippen molar-refractivity contribution in [3.8, 4) is 0 Å². The molecule has 0 unspecified atom stereocenters. The monoisotopic (exact) mass is 432 g/mol. The van der Waals surface area contributed by atoms with E-state index in [1.807, 2.05) is 12.1 Å². The minimum atomic E-state index is -0.549. The van der Waals surface area contributed by atoms with E-state index in [0.717, 1.165) is 4.47 Å². The highest BCUT2D eigenvalue weighted by Gasteiger charge is 2.13. The van der Waals surface area contributed by atoms with Gasteiger partial charge in [0.15, 0.2) is 5.13 Å². The van der Waals surface area contributed by atoms with Gasteiger partial charge < -0.3 is 10.3 Å². The number of hydrogen-bond acceptors (Lipinski definition) is 5. The second-order valence-corrected chi connectivity index (χ2v) is 7.02. The third-order valence-electron chi connectivity index (χ3n) is 3.30. The van der Waals surface area contributed by atoms with Gasteiger partial charge in [-0.2, -0.15) is 0 Å². The van der Waals surface area contributed by atoms with Crippen LogP contribution in [0.3, 0.4) is 0 Å². The molecule has 0 atom stereocenters. The number of nitrogens with zero attached hydrogens (tertiary/aromatic N) is 1. The van der Waals surface area contributed by atoms with Gasteiger partial charge in [-0.25, -0.2) is 4.98 Å². The number of carbonyl (C=O) groups excluding carboxylic acids is 2. The molecule has 0 spiro atoms. The molecule has 1 aromatic carbocycles. The van der Waals surface area contributed by atoms with Gasteiger partial charge in [0.1, 0.15) is 5.56 Å². The molecular formula is C17H13BrN4O3S. The number of H-pyrrole nitrogens is 1.